The number of hydrogen-bond donors (Lipinski definition) is 2. The highest BCUT2D eigenvalue weighted by Gasteiger charge is 2.35. The fourth-order valence-electron chi connectivity index (χ4n) is 3.67. The highest BCUT2D eigenvalue weighted by molar-refractivity contribution is 5.89. The number of nitrogens with zero attached hydrogens (tertiary/aromatic N) is 1. The molecule has 1 unspecified atom stereocenters. The fraction of sp³-hybridized carbons (Fsp3) is 0.417. The first-order valence-corrected chi connectivity index (χ1v) is 10.6. The lowest BCUT2D eigenvalue weighted by Gasteiger charge is -2.39. The molecule has 1 heterocycles. The molecule has 2 N–H and O–H groups in total. The van der Waals surface area contributed by atoms with Crippen molar-refractivity contribution in [2.75, 3.05) is 25.5 Å². The third kappa shape index (κ3) is 6.35. The van der Waals surface area contributed by atoms with Crippen LogP contribution in [0.3, 0.4) is 0 Å². The molecule has 3 amide bonds. The highest BCUT2D eigenvalue weighted by Crippen LogP contribution is 2.30. The molecule has 1 saturated heterocycles. The largest absolute Gasteiger partial charge is 0.497 e. The number of rotatable bonds is 4. The molecular weight excluding hydrogens is 413 g/mol. The van der Waals surface area contributed by atoms with Crippen molar-refractivity contribution in [3.05, 3.63) is 59.9 Å². The number of amides is 3. The summed E-state index contributed by atoms with van der Waals surface area (Å²) >= 11 is 0. The first-order chi connectivity index (χ1) is 15.1. The summed E-state index contributed by atoms with van der Waals surface area (Å²) in [5.74, 6) is 0.221. The first-order valence-electron chi connectivity index (χ1n) is 10.6. The second-order valence-electron chi connectivity index (χ2n) is 8.81. The van der Waals surface area contributed by atoms with E-state index < -0.39 is 5.60 Å². The van der Waals surface area contributed by atoms with Gasteiger partial charge in [-0.3, -0.25) is 0 Å². The zero-order valence-corrected chi connectivity index (χ0v) is 18.9. The number of hydrogen-bond acceptors (Lipinski definition) is 4. The van der Waals surface area contributed by atoms with Crippen molar-refractivity contribution in [1.29, 1.82) is 0 Å². The van der Waals surface area contributed by atoms with Gasteiger partial charge in [0.15, 0.2) is 0 Å². The van der Waals surface area contributed by atoms with Gasteiger partial charge in [0.05, 0.1) is 7.11 Å². The van der Waals surface area contributed by atoms with E-state index in [1.165, 1.54) is 24.3 Å². The van der Waals surface area contributed by atoms with Crippen LogP contribution in [-0.4, -0.2) is 48.9 Å². The molecular formula is C24H30FN3O4. The Morgan fingerprint density at radius 3 is 2.31 bits per heavy atom. The van der Waals surface area contributed by atoms with Gasteiger partial charge in [-0.2, -0.15) is 0 Å². The molecule has 7 nitrogen and oxygen atoms in total. The fourth-order valence-corrected chi connectivity index (χ4v) is 3.67. The zero-order chi connectivity index (χ0) is 23.3. The zero-order valence-electron chi connectivity index (χ0n) is 18.9. The van der Waals surface area contributed by atoms with Crippen molar-refractivity contribution in [1.82, 2.24) is 10.2 Å². The van der Waals surface area contributed by atoms with Gasteiger partial charge in [0.2, 0.25) is 0 Å². The van der Waals surface area contributed by atoms with E-state index in [9.17, 15) is 14.0 Å². The molecule has 2 aromatic rings. The Bertz CT molecular complexity index is 926. The molecule has 1 aliphatic heterocycles. The number of methoxy groups -OCH3 is 1. The standard InChI is InChI=1S/C24H30FN3O4/c1-24(2,3)32-23(30)28-14-13-21(20(15-28)16-5-11-19(31-4)12-6-16)27-22(29)26-18-9-7-17(25)8-10-18/h5-12,20-21H,13-15H2,1-4H3,(H2,26,27,29)/t20-,21?/m0/s1. The number of carbonyl (C=O) groups is 2. The molecule has 32 heavy (non-hydrogen) atoms. The molecule has 2 atom stereocenters. The number of carbonyl (C=O) groups excluding carboxylic acids is 2. The quantitative estimate of drug-likeness (QED) is 0.715. The maximum Gasteiger partial charge on any atom is 0.410 e. The van der Waals surface area contributed by atoms with Gasteiger partial charge in [-0.25, -0.2) is 14.0 Å². The summed E-state index contributed by atoms with van der Waals surface area (Å²) in [6.07, 6.45) is 0.192. The average molecular weight is 444 g/mol. The van der Waals surface area contributed by atoms with E-state index in [0.717, 1.165) is 11.3 Å². The van der Waals surface area contributed by atoms with Crippen LogP contribution in [-0.2, 0) is 4.74 Å². The SMILES string of the molecule is COc1ccc([C@@H]2CN(C(=O)OC(C)(C)C)CCC2NC(=O)Nc2ccc(F)cc2)cc1. The summed E-state index contributed by atoms with van der Waals surface area (Å²) in [6.45, 7) is 6.37. The summed E-state index contributed by atoms with van der Waals surface area (Å²) in [7, 11) is 1.60. The monoisotopic (exact) mass is 443 g/mol. The van der Waals surface area contributed by atoms with Gasteiger partial charge in [0.1, 0.15) is 17.2 Å². The summed E-state index contributed by atoms with van der Waals surface area (Å²) < 4.78 is 23.9. The molecule has 0 bridgehead atoms. The highest BCUT2D eigenvalue weighted by atomic mass is 19.1. The molecule has 0 aliphatic carbocycles. The molecule has 0 aromatic heterocycles. The van der Waals surface area contributed by atoms with Crippen LogP contribution in [0.4, 0.5) is 19.7 Å². The molecule has 8 heteroatoms. The maximum absolute atomic E-state index is 13.1. The summed E-state index contributed by atoms with van der Waals surface area (Å²) in [4.78, 5) is 26.9. The molecule has 1 aliphatic rings. The number of piperidine rings is 1. The van der Waals surface area contributed by atoms with E-state index in [1.807, 2.05) is 45.0 Å². The summed E-state index contributed by atoms with van der Waals surface area (Å²) in [5, 5.41) is 5.74. The molecule has 172 valence electrons. The predicted octanol–water partition coefficient (Wildman–Crippen LogP) is 4.75. The lowest BCUT2D eigenvalue weighted by molar-refractivity contribution is 0.0180. The average Bonchev–Trinajstić information content (AvgIpc) is 2.74. The van der Waals surface area contributed by atoms with Crippen LogP contribution < -0.4 is 15.4 Å². The van der Waals surface area contributed by atoms with Crippen molar-refractivity contribution < 1.29 is 23.5 Å². The normalized spacial score (nSPS) is 18.6. The Morgan fingerprint density at radius 1 is 1.06 bits per heavy atom. The van der Waals surface area contributed by atoms with Gasteiger partial charge < -0.3 is 25.0 Å². The Balaban J connectivity index is 1.74. The Morgan fingerprint density at radius 2 is 1.72 bits per heavy atom. The van der Waals surface area contributed by atoms with E-state index in [-0.39, 0.29) is 29.9 Å². The maximum atomic E-state index is 13.1. The second-order valence-corrected chi connectivity index (χ2v) is 8.81. The molecule has 3 rings (SSSR count). The number of nitrogens with one attached hydrogen (secondary N) is 2. The third-order valence-corrected chi connectivity index (χ3v) is 5.23. The van der Waals surface area contributed by atoms with Crippen LogP contribution in [0.25, 0.3) is 0 Å². The predicted molar refractivity (Wildman–Crippen MR) is 121 cm³/mol. The lowest BCUT2D eigenvalue weighted by Crippen LogP contribution is -2.52. The minimum Gasteiger partial charge on any atom is -0.497 e. The van der Waals surface area contributed by atoms with E-state index in [4.69, 9.17) is 9.47 Å². The Kier molecular flexibility index (Phi) is 7.22. The molecule has 0 radical (unpaired) electrons. The van der Waals surface area contributed by atoms with Crippen LogP contribution in [0.1, 0.15) is 38.7 Å². The van der Waals surface area contributed by atoms with Crippen molar-refractivity contribution in [2.45, 2.75) is 44.8 Å². The van der Waals surface area contributed by atoms with Crippen LogP contribution in [0, 0.1) is 5.82 Å². The number of halogens is 1. The molecule has 1 fully saturated rings. The summed E-state index contributed by atoms with van der Waals surface area (Å²) in [6, 6.07) is 12.6. The van der Waals surface area contributed by atoms with E-state index in [0.29, 0.717) is 25.2 Å². The summed E-state index contributed by atoms with van der Waals surface area (Å²) in [5.41, 5.74) is 0.888. The van der Waals surface area contributed by atoms with Crippen molar-refractivity contribution in [2.24, 2.45) is 0 Å². The van der Waals surface area contributed by atoms with Crippen LogP contribution >= 0.6 is 0 Å². The van der Waals surface area contributed by atoms with Crippen molar-refractivity contribution in [3.8, 4) is 5.75 Å². The Labute approximate surface area is 187 Å². The van der Waals surface area contributed by atoms with E-state index in [1.54, 1.807) is 12.0 Å². The first kappa shape index (κ1) is 23.4. The number of ether oxygens (including phenoxy) is 2. The van der Waals surface area contributed by atoms with Crippen molar-refractivity contribution >= 4 is 17.8 Å². The van der Waals surface area contributed by atoms with Crippen LogP contribution in [0.15, 0.2) is 48.5 Å². The third-order valence-electron chi connectivity index (χ3n) is 5.23. The van der Waals surface area contributed by atoms with Crippen molar-refractivity contribution in [3.63, 3.8) is 0 Å². The molecule has 0 saturated carbocycles. The topological polar surface area (TPSA) is 79.9 Å². The number of urea groups is 1. The lowest BCUT2D eigenvalue weighted by atomic mass is 9.86. The van der Waals surface area contributed by atoms with Crippen LogP contribution in [0.2, 0.25) is 0 Å². The van der Waals surface area contributed by atoms with Gasteiger partial charge >= 0.3 is 12.1 Å². The van der Waals surface area contributed by atoms with E-state index >= 15 is 0 Å². The minimum absolute atomic E-state index is 0.138. The van der Waals surface area contributed by atoms with Gasteiger partial charge in [-0.15, -0.1) is 0 Å². The van der Waals surface area contributed by atoms with Gasteiger partial charge in [0.25, 0.3) is 0 Å². The molecule has 2 aromatic carbocycles. The molecule has 0 spiro atoms. The van der Waals surface area contributed by atoms with Gasteiger partial charge in [-0.1, -0.05) is 12.1 Å². The number of benzene rings is 2. The number of likely N-dealkylation sites (tertiary alicyclic amines) is 1. The minimum atomic E-state index is -0.586. The smallest absolute Gasteiger partial charge is 0.410 e. The van der Waals surface area contributed by atoms with Gasteiger partial charge in [0, 0.05) is 30.7 Å². The number of anilines is 1. The van der Waals surface area contributed by atoms with Crippen LogP contribution in [0.5, 0.6) is 5.75 Å². The van der Waals surface area contributed by atoms with E-state index in [2.05, 4.69) is 10.6 Å². The second kappa shape index (κ2) is 9.89. The Hall–Kier alpha value is -3.29. The van der Waals surface area contributed by atoms with Gasteiger partial charge in [-0.05, 0) is 69.2 Å².